The molecule has 0 atom stereocenters. The summed E-state index contributed by atoms with van der Waals surface area (Å²) >= 11 is 0. The fourth-order valence-electron chi connectivity index (χ4n) is 1.29. The second-order valence-corrected chi connectivity index (χ2v) is 3.63. The summed E-state index contributed by atoms with van der Waals surface area (Å²) in [5.41, 5.74) is -1.34. The fourth-order valence-corrected chi connectivity index (χ4v) is 1.29. The number of ether oxygens (including phenoxy) is 1. The van der Waals surface area contributed by atoms with Gasteiger partial charge in [-0.25, -0.2) is 4.39 Å². The monoisotopic (exact) mass is 213 g/mol. The molecular formula is C10H12FNO3. The van der Waals surface area contributed by atoms with Crippen molar-refractivity contribution in [3.63, 3.8) is 0 Å². The van der Waals surface area contributed by atoms with E-state index in [1.807, 2.05) is 0 Å². The van der Waals surface area contributed by atoms with Crippen molar-refractivity contribution in [3.8, 4) is 5.75 Å². The zero-order valence-electron chi connectivity index (χ0n) is 8.74. The molecule has 4 nitrogen and oxygen atoms in total. The van der Waals surface area contributed by atoms with Crippen LogP contribution in [0.25, 0.3) is 0 Å². The molecule has 0 saturated heterocycles. The first kappa shape index (κ1) is 11.4. The number of methoxy groups -OCH3 is 1. The van der Waals surface area contributed by atoms with Crippen molar-refractivity contribution in [3.05, 3.63) is 23.8 Å². The van der Waals surface area contributed by atoms with Gasteiger partial charge in [-0.2, -0.15) is 0 Å². The van der Waals surface area contributed by atoms with Gasteiger partial charge >= 0.3 is 5.97 Å². The Labute approximate surface area is 86.7 Å². The molecule has 1 aromatic heterocycles. The van der Waals surface area contributed by atoms with Crippen LogP contribution in [-0.2, 0) is 10.2 Å². The first-order chi connectivity index (χ1) is 6.91. The summed E-state index contributed by atoms with van der Waals surface area (Å²) < 4.78 is 18.4. The molecule has 0 aromatic carbocycles. The van der Waals surface area contributed by atoms with E-state index in [-0.39, 0.29) is 11.3 Å². The molecule has 0 bridgehead atoms. The van der Waals surface area contributed by atoms with E-state index in [1.54, 1.807) is 0 Å². The van der Waals surface area contributed by atoms with Gasteiger partial charge in [0.2, 0.25) is 0 Å². The number of halogens is 1. The summed E-state index contributed by atoms with van der Waals surface area (Å²) in [6, 6.07) is 0. The van der Waals surface area contributed by atoms with Gasteiger partial charge < -0.3 is 9.84 Å². The molecule has 1 aromatic rings. The van der Waals surface area contributed by atoms with Gasteiger partial charge in [0.25, 0.3) is 0 Å². The molecule has 1 N–H and O–H groups in total. The van der Waals surface area contributed by atoms with Gasteiger partial charge in [0.1, 0.15) is 11.6 Å². The van der Waals surface area contributed by atoms with Crippen molar-refractivity contribution in [1.82, 2.24) is 4.98 Å². The van der Waals surface area contributed by atoms with Crippen molar-refractivity contribution in [2.75, 3.05) is 7.11 Å². The molecule has 5 heteroatoms. The summed E-state index contributed by atoms with van der Waals surface area (Å²) in [6.07, 6.45) is 2.27. The summed E-state index contributed by atoms with van der Waals surface area (Å²) in [5, 5.41) is 9.00. The summed E-state index contributed by atoms with van der Waals surface area (Å²) in [7, 11) is 1.35. The van der Waals surface area contributed by atoms with Crippen LogP contribution < -0.4 is 4.74 Å². The third kappa shape index (κ3) is 1.91. The lowest BCUT2D eigenvalue weighted by Gasteiger charge is -2.22. The molecule has 0 fully saturated rings. The molecular weight excluding hydrogens is 201 g/mol. The molecule has 15 heavy (non-hydrogen) atoms. The van der Waals surface area contributed by atoms with Gasteiger partial charge in [0, 0.05) is 5.56 Å². The van der Waals surface area contributed by atoms with E-state index in [9.17, 15) is 9.18 Å². The van der Waals surface area contributed by atoms with Gasteiger partial charge in [0.15, 0.2) is 0 Å². The molecule has 0 spiro atoms. The third-order valence-corrected chi connectivity index (χ3v) is 2.24. The molecule has 0 unspecified atom stereocenters. The number of rotatable bonds is 3. The minimum atomic E-state index is -1.35. The lowest BCUT2D eigenvalue weighted by molar-refractivity contribution is -0.142. The highest BCUT2D eigenvalue weighted by atomic mass is 19.1. The number of carboxylic acids is 1. The van der Waals surface area contributed by atoms with Crippen LogP contribution >= 0.6 is 0 Å². The molecule has 1 heterocycles. The standard InChI is InChI=1S/C10H12FNO3/c1-10(2,9(13)14)8-6(11)4-12-5-7(8)15-3/h4-5H,1-3H3,(H,13,14). The van der Waals surface area contributed by atoms with E-state index in [1.165, 1.54) is 27.2 Å². The van der Waals surface area contributed by atoms with Gasteiger partial charge in [-0.3, -0.25) is 9.78 Å². The van der Waals surface area contributed by atoms with E-state index in [0.29, 0.717) is 0 Å². The number of nitrogens with zero attached hydrogens (tertiary/aromatic N) is 1. The Morgan fingerprint density at radius 1 is 1.53 bits per heavy atom. The molecule has 1 rings (SSSR count). The topological polar surface area (TPSA) is 59.4 Å². The van der Waals surface area contributed by atoms with Crippen LogP contribution in [0, 0.1) is 5.82 Å². The maximum atomic E-state index is 13.5. The predicted molar refractivity (Wildman–Crippen MR) is 51.4 cm³/mol. The molecule has 0 aliphatic rings. The predicted octanol–water partition coefficient (Wildman–Crippen LogP) is 1.59. The molecule has 0 amide bonds. The van der Waals surface area contributed by atoms with Crippen LogP contribution in [0.1, 0.15) is 19.4 Å². The SMILES string of the molecule is COc1cncc(F)c1C(C)(C)C(=O)O. The zero-order valence-corrected chi connectivity index (χ0v) is 8.74. The van der Waals surface area contributed by atoms with Crippen LogP contribution in [0.3, 0.4) is 0 Å². The fraction of sp³-hybridized carbons (Fsp3) is 0.400. The Bertz CT molecular complexity index is 390. The number of aromatic nitrogens is 1. The molecule has 0 radical (unpaired) electrons. The lowest BCUT2D eigenvalue weighted by atomic mass is 9.84. The van der Waals surface area contributed by atoms with E-state index in [2.05, 4.69) is 4.98 Å². The van der Waals surface area contributed by atoms with Crippen molar-refractivity contribution in [2.24, 2.45) is 0 Å². The lowest BCUT2D eigenvalue weighted by Crippen LogP contribution is -2.30. The second-order valence-electron chi connectivity index (χ2n) is 3.63. The van der Waals surface area contributed by atoms with Gasteiger partial charge in [-0.1, -0.05) is 0 Å². The maximum Gasteiger partial charge on any atom is 0.313 e. The van der Waals surface area contributed by atoms with Gasteiger partial charge in [-0.05, 0) is 13.8 Å². The molecule has 0 aliphatic heterocycles. The largest absolute Gasteiger partial charge is 0.495 e. The van der Waals surface area contributed by atoms with E-state index < -0.39 is 17.2 Å². The Balaban J connectivity index is 3.41. The minimum Gasteiger partial charge on any atom is -0.495 e. The second kappa shape index (κ2) is 3.84. The Kier molecular flexibility index (Phi) is 2.93. The normalized spacial score (nSPS) is 11.2. The van der Waals surface area contributed by atoms with Crippen molar-refractivity contribution in [2.45, 2.75) is 19.3 Å². The number of hydrogen-bond donors (Lipinski definition) is 1. The Morgan fingerprint density at radius 3 is 2.60 bits per heavy atom. The third-order valence-electron chi connectivity index (χ3n) is 2.24. The summed E-state index contributed by atoms with van der Waals surface area (Å²) in [4.78, 5) is 14.6. The Morgan fingerprint density at radius 2 is 2.13 bits per heavy atom. The van der Waals surface area contributed by atoms with Crippen molar-refractivity contribution in [1.29, 1.82) is 0 Å². The van der Waals surface area contributed by atoms with Crippen LogP contribution in [0.4, 0.5) is 4.39 Å². The highest BCUT2D eigenvalue weighted by molar-refractivity contribution is 5.81. The minimum absolute atomic E-state index is 0.00694. The van der Waals surface area contributed by atoms with Crippen LogP contribution in [0.15, 0.2) is 12.4 Å². The first-order valence-corrected chi connectivity index (χ1v) is 4.32. The maximum absolute atomic E-state index is 13.5. The first-order valence-electron chi connectivity index (χ1n) is 4.32. The number of carboxylic acid groups (broad SMARTS) is 1. The van der Waals surface area contributed by atoms with Crippen molar-refractivity contribution < 1.29 is 19.0 Å². The summed E-state index contributed by atoms with van der Waals surface area (Å²) in [5.74, 6) is -1.66. The quantitative estimate of drug-likeness (QED) is 0.828. The van der Waals surface area contributed by atoms with Gasteiger partial charge in [0.05, 0.1) is 24.9 Å². The van der Waals surface area contributed by atoms with Crippen LogP contribution in [0.2, 0.25) is 0 Å². The van der Waals surface area contributed by atoms with E-state index in [4.69, 9.17) is 9.84 Å². The van der Waals surface area contributed by atoms with Crippen molar-refractivity contribution >= 4 is 5.97 Å². The number of aliphatic carboxylic acids is 1. The smallest absolute Gasteiger partial charge is 0.313 e. The summed E-state index contributed by atoms with van der Waals surface area (Å²) in [6.45, 7) is 2.83. The number of pyridine rings is 1. The average Bonchev–Trinajstić information content (AvgIpc) is 2.16. The van der Waals surface area contributed by atoms with E-state index in [0.717, 1.165) is 6.20 Å². The van der Waals surface area contributed by atoms with E-state index >= 15 is 0 Å². The average molecular weight is 213 g/mol. The molecule has 0 saturated carbocycles. The molecule has 0 aliphatic carbocycles. The number of hydrogen-bond acceptors (Lipinski definition) is 3. The van der Waals surface area contributed by atoms with Crippen LogP contribution in [0.5, 0.6) is 5.75 Å². The molecule has 82 valence electrons. The highest BCUT2D eigenvalue weighted by Crippen LogP contribution is 2.33. The zero-order chi connectivity index (χ0) is 11.6. The van der Waals surface area contributed by atoms with Crippen LogP contribution in [-0.4, -0.2) is 23.2 Å². The number of carbonyl (C=O) groups is 1. The Hall–Kier alpha value is -1.65. The highest BCUT2D eigenvalue weighted by Gasteiger charge is 2.35. The van der Waals surface area contributed by atoms with Gasteiger partial charge in [-0.15, -0.1) is 0 Å².